The summed E-state index contributed by atoms with van der Waals surface area (Å²) in [7, 11) is 0. The molecule has 0 radical (unpaired) electrons. The molecule has 1 N–H and O–H groups in total. The van der Waals surface area contributed by atoms with Crippen molar-refractivity contribution in [2.24, 2.45) is 0 Å². The number of aryl methyl sites for hydroxylation is 1. The van der Waals surface area contributed by atoms with Crippen molar-refractivity contribution in [1.82, 2.24) is 0 Å². The Labute approximate surface area is 112 Å². The normalized spacial score (nSPS) is 10.3. The molecule has 0 fully saturated rings. The molecule has 0 atom stereocenters. The van der Waals surface area contributed by atoms with E-state index < -0.39 is 0 Å². The first-order chi connectivity index (χ1) is 8.75. The van der Waals surface area contributed by atoms with Gasteiger partial charge in [-0.15, -0.1) is 11.8 Å². The van der Waals surface area contributed by atoms with Crippen LogP contribution < -0.4 is 4.74 Å². The van der Waals surface area contributed by atoms with E-state index in [0.29, 0.717) is 12.4 Å². The molecule has 0 aromatic heterocycles. The van der Waals surface area contributed by atoms with E-state index in [1.54, 1.807) is 17.8 Å². The van der Waals surface area contributed by atoms with E-state index in [1.807, 2.05) is 49.4 Å². The maximum absolute atomic E-state index is 9.60. The van der Waals surface area contributed by atoms with Crippen LogP contribution in [0, 0.1) is 6.92 Å². The minimum atomic E-state index is 0.332. The molecule has 3 heteroatoms. The number of para-hydroxylation sites is 1. The lowest BCUT2D eigenvalue weighted by molar-refractivity contribution is 0.343. The Kier molecular flexibility index (Phi) is 4.53. The van der Waals surface area contributed by atoms with Crippen molar-refractivity contribution < 1.29 is 9.84 Å². The highest BCUT2D eigenvalue weighted by Crippen LogP contribution is 2.27. The van der Waals surface area contributed by atoms with Crippen molar-refractivity contribution in [2.75, 3.05) is 12.4 Å². The van der Waals surface area contributed by atoms with Crippen LogP contribution in [0.4, 0.5) is 0 Å². The average Bonchev–Trinajstić information content (AvgIpc) is 2.37. The molecule has 18 heavy (non-hydrogen) atoms. The number of aromatic hydroxyl groups is 1. The molecule has 0 aliphatic rings. The lowest BCUT2D eigenvalue weighted by Crippen LogP contribution is -2.00. The van der Waals surface area contributed by atoms with E-state index in [1.165, 1.54) is 5.56 Å². The van der Waals surface area contributed by atoms with Crippen LogP contribution in [0.1, 0.15) is 5.56 Å². The first kappa shape index (κ1) is 12.8. The van der Waals surface area contributed by atoms with Gasteiger partial charge in [-0.05, 0) is 36.8 Å². The standard InChI is InChI=1S/C15H16O2S/c1-12-5-4-6-13(11-12)17-9-10-18-15-8-3-2-7-14(15)16/h2-8,11,16H,9-10H2,1H3. The summed E-state index contributed by atoms with van der Waals surface area (Å²) in [6, 6.07) is 15.4. The number of benzene rings is 2. The van der Waals surface area contributed by atoms with Gasteiger partial charge in [0, 0.05) is 10.6 Å². The van der Waals surface area contributed by atoms with Crippen LogP contribution in [0.2, 0.25) is 0 Å². The van der Waals surface area contributed by atoms with Gasteiger partial charge in [0.2, 0.25) is 0 Å². The Hall–Kier alpha value is -1.61. The van der Waals surface area contributed by atoms with Crippen LogP contribution >= 0.6 is 11.8 Å². The first-order valence-electron chi connectivity index (χ1n) is 5.86. The van der Waals surface area contributed by atoms with Gasteiger partial charge in [-0.3, -0.25) is 0 Å². The summed E-state index contributed by atoms with van der Waals surface area (Å²) >= 11 is 1.60. The molecule has 2 aromatic carbocycles. The highest BCUT2D eigenvalue weighted by molar-refractivity contribution is 7.99. The number of phenols is 1. The predicted molar refractivity (Wildman–Crippen MR) is 75.5 cm³/mol. The molecule has 0 saturated heterocycles. The van der Waals surface area contributed by atoms with Gasteiger partial charge in [0.15, 0.2) is 0 Å². The van der Waals surface area contributed by atoms with Gasteiger partial charge >= 0.3 is 0 Å². The summed E-state index contributed by atoms with van der Waals surface area (Å²) in [6.45, 7) is 2.67. The average molecular weight is 260 g/mol. The largest absolute Gasteiger partial charge is 0.507 e. The van der Waals surface area contributed by atoms with Crippen molar-refractivity contribution in [1.29, 1.82) is 0 Å². The minimum Gasteiger partial charge on any atom is -0.507 e. The predicted octanol–water partition coefficient (Wildman–Crippen LogP) is 3.87. The summed E-state index contributed by atoms with van der Waals surface area (Å²) < 4.78 is 5.65. The Morgan fingerprint density at radius 2 is 1.94 bits per heavy atom. The zero-order chi connectivity index (χ0) is 12.8. The van der Waals surface area contributed by atoms with E-state index in [0.717, 1.165) is 16.4 Å². The second kappa shape index (κ2) is 6.36. The Bertz CT molecular complexity index is 511. The zero-order valence-corrected chi connectivity index (χ0v) is 11.1. The minimum absolute atomic E-state index is 0.332. The summed E-state index contributed by atoms with van der Waals surface area (Å²) in [5, 5.41) is 9.60. The van der Waals surface area contributed by atoms with Crippen LogP contribution in [0.5, 0.6) is 11.5 Å². The number of thioether (sulfide) groups is 1. The third-order valence-corrected chi connectivity index (χ3v) is 3.49. The maximum atomic E-state index is 9.60. The molecule has 2 nitrogen and oxygen atoms in total. The Morgan fingerprint density at radius 3 is 2.72 bits per heavy atom. The van der Waals surface area contributed by atoms with E-state index in [9.17, 15) is 5.11 Å². The fourth-order valence-corrected chi connectivity index (χ4v) is 2.37. The van der Waals surface area contributed by atoms with Gasteiger partial charge in [-0.1, -0.05) is 24.3 Å². The van der Waals surface area contributed by atoms with Crippen LogP contribution in [0.3, 0.4) is 0 Å². The van der Waals surface area contributed by atoms with Crippen LogP contribution in [0.15, 0.2) is 53.4 Å². The monoisotopic (exact) mass is 260 g/mol. The van der Waals surface area contributed by atoms with E-state index in [-0.39, 0.29) is 0 Å². The fourth-order valence-electron chi connectivity index (χ4n) is 1.60. The van der Waals surface area contributed by atoms with Gasteiger partial charge in [0.1, 0.15) is 11.5 Å². The quantitative estimate of drug-likeness (QED) is 0.653. The lowest BCUT2D eigenvalue weighted by atomic mass is 10.2. The number of ether oxygens (including phenoxy) is 1. The molecule has 0 aliphatic heterocycles. The molecule has 94 valence electrons. The highest BCUT2D eigenvalue weighted by Gasteiger charge is 2.00. The van der Waals surface area contributed by atoms with Crippen LogP contribution in [-0.2, 0) is 0 Å². The molecule has 2 rings (SSSR count). The van der Waals surface area contributed by atoms with Crippen molar-refractivity contribution in [3.63, 3.8) is 0 Å². The molecule has 2 aromatic rings. The first-order valence-corrected chi connectivity index (χ1v) is 6.84. The molecule has 0 unspecified atom stereocenters. The topological polar surface area (TPSA) is 29.5 Å². The number of hydrogen-bond donors (Lipinski definition) is 1. The third-order valence-electron chi connectivity index (χ3n) is 2.46. The van der Waals surface area contributed by atoms with Gasteiger partial charge in [-0.2, -0.15) is 0 Å². The van der Waals surface area contributed by atoms with Crippen molar-refractivity contribution in [2.45, 2.75) is 11.8 Å². The Morgan fingerprint density at radius 1 is 1.11 bits per heavy atom. The van der Waals surface area contributed by atoms with Crippen molar-refractivity contribution >= 4 is 11.8 Å². The molecular formula is C15H16O2S. The second-order valence-electron chi connectivity index (χ2n) is 3.98. The maximum Gasteiger partial charge on any atom is 0.129 e. The SMILES string of the molecule is Cc1cccc(OCCSc2ccccc2O)c1. The number of hydrogen-bond acceptors (Lipinski definition) is 3. The summed E-state index contributed by atoms with van der Waals surface area (Å²) in [4.78, 5) is 0.894. The molecule has 0 heterocycles. The molecule has 0 aliphatic carbocycles. The van der Waals surface area contributed by atoms with Gasteiger partial charge in [-0.25, -0.2) is 0 Å². The third kappa shape index (κ3) is 3.70. The van der Waals surface area contributed by atoms with Crippen LogP contribution in [0.25, 0.3) is 0 Å². The van der Waals surface area contributed by atoms with Crippen LogP contribution in [-0.4, -0.2) is 17.5 Å². The summed E-state index contributed by atoms with van der Waals surface area (Å²) in [5.41, 5.74) is 1.20. The van der Waals surface area contributed by atoms with Crippen molar-refractivity contribution in [3.05, 3.63) is 54.1 Å². The van der Waals surface area contributed by atoms with Gasteiger partial charge < -0.3 is 9.84 Å². The summed E-state index contributed by atoms with van der Waals surface area (Å²) in [5.74, 6) is 2.04. The zero-order valence-electron chi connectivity index (χ0n) is 10.3. The fraction of sp³-hybridized carbons (Fsp3) is 0.200. The Balaban J connectivity index is 1.78. The van der Waals surface area contributed by atoms with E-state index in [4.69, 9.17) is 4.74 Å². The van der Waals surface area contributed by atoms with Gasteiger partial charge in [0.05, 0.1) is 6.61 Å². The molecule has 0 bridgehead atoms. The molecule has 0 amide bonds. The molecule has 0 saturated carbocycles. The second-order valence-corrected chi connectivity index (χ2v) is 5.12. The van der Waals surface area contributed by atoms with E-state index in [2.05, 4.69) is 0 Å². The smallest absolute Gasteiger partial charge is 0.129 e. The van der Waals surface area contributed by atoms with Gasteiger partial charge in [0.25, 0.3) is 0 Å². The lowest BCUT2D eigenvalue weighted by Gasteiger charge is -2.07. The summed E-state index contributed by atoms with van der Waals surface area (Å²) in [6.07, 6.45) is 0. The van der Waals surface area contributed by atoms with Crippen molar-refractivity contribution in [3.8, 4) is 11.5 Å². The number of rotatable bonds is 5. The highest BCUT2D eigenvalue weighted by atomic mass is 32.2. The molecule has 0 spiro atoms. The number of phenolic OH excluding ortho intramolecular Hbond substituents is 1. The molecular weight excluding hydrogens is 244 g/mol. The van der Waals surface area contributed by atoms with E-state index >= 15 is 0 Å².